The lowest BCUT2D eigenvalue weighted by atomic mass is 9.67. The summed E-state index contributed by atoms with van der Waals surface area (Å²) in [5.74, 6) is 0. The zero-order chi connectivity index (χ0) is 41.5. The Morgan fingerprint density at radius 2 is 0.590 bits per heavy atom. The van der Waals surface area contributed by atoms with E-state index in [1.807, 2.05) is 0 Å². The SMILES string of the molecule is Cc1ccc(N(c2ccc(C)cc2)c2ccc3c(c2)C(c2ccccc2)(c2ccc(-c4ccccc4)cc2)c2cc(N(c4ccc(C)cc4)c4ccc(C)cc4)ccc2-3)cc1. The zero-order valence-electron chi connectivity index (χ0n) is 35.2. The van der Waals surface area contributed by atoms with Gasteiger partial charge in [-0.15, -0.1) is 0 Å². The first-order valence-corrected chi connectivity index (χ1v) is 21.2. The Bertz CT molecular complexity index is 2710. The van der Waals surface area contributed by atoms with Crippen molar-refractivity contribution in [3.63, 3.8) is 0 Å². The van der Waals surface area contributed by atoms with Crippen molar-refractivity contribution in [2.75, 3.05) is 9.80 Å². The van der Waals surface area contributed by atoms with Crippen molar-refractivity contribution in [1.82, 2.24) is 0 Å². The molecule has 0 bridgehead atoms. The summed E-state index contributed by atoms with van der Waals surface area (Å²) in [4.78, 5) is 4.80. The molecule has 0 atom stereocenters. The first-order chi connectivity index (χ1) is 29.9. The first-order valence-electron chi connectivity index (χ1n) is 21.2. The molecule has 0 amide bonds. The molecule has 61 heavy (non-hydrogen) atoms. The predicted octanol–water partition coefficient (Wildman–Crippen LogP) is 15.9. The zero-order valence-corrected chi connectivity index (χ0v) is 35.2. The summed E-state index contributed by atoms with van der Waals surface area (Å²) in [7, 11) is 0. The van der Waals surface area contributed by atoms with Crippen molar-refractivity contribution < 1.29 is 0 Å². The monoisotopic (exact) mass is 784 g/mol. The molecule has 0 saturated heterocycles. The Morgan fingerprint density at radius 3 is 0.967 bits per heavy atom. The molecule has 10 rings (SSSR count). The molecule has 9 aromatic rings. The molecule has 1 aliphatic carbocycles. The highest BCUT2D eigenvalue weighted by molar-refractivity contribution is 5.92. The fraction of sp³-hybridized carbons (Fsp3) is 0.0847. The number of aryl methyl sites for hydroxylation is 4. The molecule has 9 aromatic carbocycles. The highest BCUT2D eigenvalue weighted by Crippen LogP contribution is 2.58. The van der Waals surface area contributed by atoms with Crippen LogP contribution in [0.4, 0.5) is 34.1 Å². The minimum absolute atomic E-state index is 0.647. The quantitative estimate of drug-likeness (QED) is 0.144. The van der Waals surface area contributed by atoms with Crippen molar-refractivity contribution in [3.05, 3.63) is 263 Å². The second-order valence-corrected chi connectivity index (χ2v) is 16.5. The van der Waals surface area contributed by atoms with Gasteiger partial charge in [-0.3, -0.25) is 0 Å². The van der Waals surface area contributed by atoms with E-state index in [2.05, 4.69) is 256 Å². The molecule has 0 radical (unpaired) electrons. The van der Waals surface area contributed by atoms with Gasteiger partial charge >= 0.3 is 0 Å². The van der Waals surface area contributed by atoms with Gasteiger partial charge in [0.15, 0.2) is 0 Å². The average Bonchev–Trinajstić information content (AvgIpc) is 3.59. The molecule has 0 spiro atoms. The third kappa shape index (κ3) is 6.81. The first kappa shape index (κ1) is 37.8. The van der Waals surface area contributed by atoms with Crippen LogP contribution in [0.3, 0.4) is 0 Å². The van der Waals surface area contributed by atoms with E-state index in [1.54, 1.807) is 0 Å². The van der Waals surface area contributed by atoms with Crippen LogP contribution in [-0.4, -0.2) is 0 Å². The highest BCUT2D eigenvalue weighted by atomic mass is 15.1. The van der Waals surface area contributed by atoms with E-state index in [9.17, 15) is 0 Å². The number of hydrogen-bond acceptors (Lipinski definition) is 2. The summed E-state index contributed by atoms with van der Waals surface area (Å²) in [5.41, 5.74) is 20.9. The van der Waals surface area contributed by atoms with Gasteiger partial charge in [0.05, 0.1) is 5.41 Å². The molecule has 0 aliphatic heterocycles. The van der Waals surface area contributed by atoms with Gasteiger partial charge in [-0.25, -0.2) is 0 Å². The van der Waals surface area contributed by atoms with Crippen LogP contribution in [0.2, 0.25) is 0 Å². The Balaban J connectivity index is 1.25. The van der Waals surface area contributed by atoms with Crippen LogP contribution in [0.15, 0.2) is 218 Å². The molecular weight excluding hydrogens is 737 g/mol. The van der Waals surface area contributed by atoms with Crippen LogP contribution >= 0.6 is 0 Å². The van der Waals surface area contributed by atoms with Crippen molar-refractivity contribution in [3.8, 4) is 22.3 Å². The molecule has 294 valence electrons. The van der Waals surface area contributed by atoms with Crippen molar-refractivity contribution in [2.45, 2.75) is 33.1 Å². The lowest BCUT2D eigenvalue weighted by Crippen LogP contribution is -2.29. The van der Waals surface area contributed by atoms with Gasteiger partial charge in [-0.2, -0.15) is 0 Å². The third-order valence-corrected chi connectivity index (χ3v) is 12.4. The summed E-state index contributed by atoms with van der Waals surface area (Å²) in [6.45, 7) is 8.60. The minimum Gasteiger partial charge on any atom is -0.310 e. The Kier molecular flexibility index (Phi) is 9.70. The molecule has 0 unspecified atom stereocenters. The highest BCUT2D eigenvalue weighted by Gasteiger charge is 2.47. The maximum absolute atomic E-state index is 2.46. The number of anilines is 6. The average molecular weight is 785 g/mol. The topological polar surface area (TPSA) is 6.48 Å². The summed E-state index contributed by atoms with van der Waals surface area (Å²) in [6.07, 6.45) is 0. The second kappa shape index (κ2) is 15.6. The molecule has 0 saturated carbocycles. The fourth-order valence-corrected chi connectivity index (χ4v) is 9.27. The van der Waals surface area contributed by atoms with Crippen LogP contribution in [0.1, 0.15) is 44.5 Å². The van der Waals surface area contributed by atoms with E-state index in [1.165, 1.54) is 66.8 Å². The largest absolute Gasteiger partial charge is 0.310 e. The molecule has 0 aromatic heterocycles. The lowest BCUT2D eigenvalue weighted by molar-refractivity contribution is 0.768. The van der Waals surface area contributed by atoms with Gasteiger partial charge in [-0.05, 0) is 145 Å². The van der Waals surface area contributed by atoms with Gasteiger partial charge in [0.2, 0.25) is 0 Å². The number of nitrogens with zero attached hydrogens (tertiary/aromatic N) is 2. The van der Waals surface area contributed by atoms with Crippen LogP contribution in [0, 0.1) is 27.7 Å². The molecule has 2 nitrogen and oxygen atoms in total. The van der Waals surface area contributed by atoms with E-state index in [0.29, 0.717) is 0 Å². The van der Waals surface area contributed by atoms with Gasteiger partial charge in [0, 0.05) is 34.1 Å². The number of rotatable bonds is 9. The van der Waals surface area contributed by atoms with Gasteiger partial charge in [0.1, 0.15) is 0 Å². The Labute approximate surface area is 360 Å². The van der Waals surface area contributed by atoms with Gasteiger partial charge in [-0.1, -0.05) is 168 Å². The molecule has 0 N–H and O–H groups in total. The molecular formula is C59H48N2. The van der Waals surface area contributed by atoms with E-state index in [-0.39, 0.29) is 0 Å². The molecule has 0 fully saturated rings. The summed E-state index contributed by atoms with van der Waals surface area (Å²) in [6, 6.07) is 81.0. The maximum atomic E-state index is 2.46. The molecule has 2 heteroatoms. The number of benzene rings is 9. The Morgan fingerprint density at radius 1 is 0.279 bits per heavy atom. The smallest absolute Gasteiger partial charge is 0.0715 e. The van der Waals surface area contributed by atoms with Crippen molar-refractivity contribution in [2.24, 2.45) is 0 Å². The van der Waals surface area contributed by atoms with Crippen LogP contribution in [0.25, 0.3) is 22.3 Å². The van der Waals surface area contributed by atoms with Crippen LogP contribution in [-0.2, 0) is 5.41 Å². The summed E-state index contributed by atoms with van der Waals surface area (Å²) in [5, 5.41) is 0. The van der Waals surface area contributed by atoms with E-state index in [4.69, 9.17) is 0 Å². The maximum Gasteiger partial charge on any atom is 0.0715 e. The van der Waals surface area contributed by atoms with E-state index in [0.717, 1.165) is 34.1 Å². The molecule has 0 heterocycles. The van der Waals surface area contributed by atoms with Crippen molar-refractivity contribution >= 4 is 34.1 Å². The summed E-state index contributed by atoms with van der Waals surface area (Å²) >= 11 is 0. The van der Waals surface area contributed by atoms with Crippen LogP contribution in [0.5, 0.6) is 0 Å². The predicted molar refractivity (Wildman–Crippen MR) is 257 cm³/mol. The minimum atomic E-state index is -0.647. The van der Waals surface area contributed by atoms with Crippen molar-refractivity contribution in [1.29, 1.82) is 0 Å². The number of fused-ring (bicyclic) bond motifs is 3. The van der Waals surface area contributed by atoms with Gasteiger partial charge < -0.3 is 9.80 Å². The van der Waals surface area contributed by atoms with Gasteiger partial charge in [0.25, 0.3) is 0 Å². The second-order valence-electron chi connectivity index (χ2n) is 16.5. The van der Waals surface area contributed by atoms with E-state index >= 15 is 0 Å². The normalized spacial score (nSPS) is 12.4. The fourth-order valence-electron chi connectivity index (χ4n) is 9.27. The van der Waals surface area contributed by atoms with E-state index < -0.39 is 5.41 Å². The molecule has 1 aliphatic rings. The number of hydrogen-bond donors (Lipinski definition) is 0. The van der Waals surface area contributed by atoms with Crippen LogP contribution < -0.4 is 9.80 Å². The third-order valence-electron chi connectivity index (χ3n) is 12.4. The summed E-state index contributed by atoms with van der Waals surface area (Å²) < 4.78 is 0. The standard InChI is InChI=1S/C59H48N2/c1-41-15-27-49(28-16-41)60(50-29-17-42(2)18-30-50)53-35-37-55-56-38-36-54(61(51-31-19-43(3)20-32-51)52-33-21-44(4)22-34-52)40-58(56)59(57(55)39-53,47-13-9-6-10-14-47)48-25-23-46(24-26-48)45-11-7-5-8-12-45/h5-40H,1-4H3. The lowest BCUT2D eigenvalue weighted by Gasteiger charge is -2.36. The Hall–Kier alpha value is -7.42.